The Morgan fingerprint density at radius 2 is 2.20 bits per heavy atom. The standard InChI is InChI=1S/C15H22N2O3/c1-5-8-17-15(18)10-20-13-7-6-12(11(2)16-3)9-14(13)19-4/h5-7,9,11,16H,1,8,10H2,2-4H3,(H,17,18). The Balaban J connectivity index is 2.70. The van der Waals surface area contributed by atoms with Crippen molar-refractivity contribution in [2.45, 2.75) is 13.0 Å². The van der Waals surface area contributed by atoms with E-state index in [1.165, 1.54) is 0 Å². The van der Waals surface area contributed by atoms with Crippen molar-refractivity contribution in [3.63, 3.8) is 0 Å². The molecule has 0 aromatic heterocycles. The van der Waals surface area contributed by atoms with E-state index in [2.05, 4.69) is 24.1 Å². The van der Waals surface area contributed by atoms with Gasteiger partial charge in [0, 0.05) is 12.6 Å². The number of hydrogen-bond donors (Lipinski definition) is 2. The van der Waals surface area contributed by atoms with Crippen molar-refractivity contribution in [1.82, 2.24) is 10.6 Å². The molecule has 1 aromatic rings. The molecule has 1 aromatic carbocycles. The van der Waals surface area contributed by atoms with Gasteiger partial charge in [0.05, 0.1) is 7.11 Å². The molecule has 0 heterocycles. The molecule has 1 rings (SSSR count). The highest BCUT2D eigenvalue weighted by molar-refractivity contribution is 5.77. The zero-order valence-corrected chi connectivity index (χ0v) is 12.2. The molecule has 5 heteroatoms. The SMILES string of the molecule is C=CCNC(=O)COc1ccc(C(C)NC)cc1OC. The summed E-state index contributed by atoms with van der Waals surface area (Å²) in [6.45, 7) is 5.96. The highest BCUT2D eigenvalue weighted by Gasteiger charge is 2.10. The van der Waals surface area contributed by atoms with E-state index >= 15 is 0 Å². The van der Waals surface area contributed by atoms with Crippen molar-refractivity contribution in [2.24, 2.45) is 0 Å². The molecule has 0 radical (unpaired) electrons. The molecule has 5 nitrogen and oxygen atoms in total. The lowest BCUT2D eigenvalue weighted by molar-refractivity contribution is -0.122. The van der Waals surface area contributed by atoms with Gasteiger partial charge in [0.1, 0.15) is 0 Å². The van der Waals surface area contributed by atoms with Crippen LogP contribution >= 0.6 is 0 Å². The molecule has 0 saturated heterocycles. The number of ether oxygens (including phenoxy) is 2. The highest BCUT2D eigenvalue weighted by Crippen LogP contribution is 2.30. The normalized spacial score (nSPS) is 11.6. The predicted octanol–water partition coefficient (Wildman–Crippen LogP) is 1.66. The van der Waals surface area contributed by atoms with Crippen LogP contribution in [0.15, 0.2) is 30.9 Å². The van der Waals surface area contributed by atoms with Crippen molar-refractivity contribution in [3.05, 3.63) is 36.4 Å². The minimum atomic E-state index is -0.195. The molecule has 0 fully saturated rings. The summed E-state index contributed by atoms with van der Waals surface area (Å²) in [6.07, 6.45) is 1.62. The van der Waals surface area contributed by atoms with Crippen molar-refractivity contribution in [1.29, 1.82) is 0 Å². The Morgan fingerprint density at radius 1 is 1.45 bits per heavy atom. The summed E-state index contributed by atoms with van der Waals surface area (Å²) in [5, 5.41) is 5.80. The first-order valence-electron chi connectivity index (χ1n) is 6.48. The Bertz CT molecular complexity index is 460. The third-order valence-electron chi connectivity index (χ3n) is 2.92. The number of methoxy groups -OCH3 is 1. The van der Waals surface area contributed by atoms with Crippen LogP contribution in [0.4, 0.5) is 0 Å². The lowest BCUT2D eigenvalue weighted by Gasteiger charge is -2.15. The molecule has 1 unspecified atom stereocenters. The molecule has 0 bridgehead atoms. The van der Waals surface area contributed by atoms with Gasteiger partial charge in [-0.05, 0) is 31.7 Å². The van der Waals surface area contributed by atoms with Gasteiger partial charge in [-0.2, -0.15) is 0 Å². The summed E-state index contributed by atoms with van der Waals surface area (Å²) in [6, 6.07) is 5.87. The van der Waals surface area contributed by atoms with Crippen molar-refractivity contribution in [2.75, 3.05) is 27.3 Å². The van der Waals surface area contributed by atoms with Gasteiger partial charge in [0.25, 0.3) is 5.91 Å². The molecule has 20 heavy (non-hydrogen) atoms. The van der Waals surface area contributed by atoms with E-state index in [9.17, 15) is 4.79 Å². The summed E-state index contributed by atoms with van der Waals surface area (Å²) in [7, 11) is 3.47. The Labute approximate surface area is 120 Å². The topological polar surface area (TPSA) is 59.6 Å². The van der Waals surface area contributed by atoms with Crippen molar-refractivity contribution >= 4 is 5.91 Å². The molecule has 0 aliphatic heterocycles. The summed E-state index contributed by atoms with van der Waals surface area (Å²) < 4.78 is 10.8. The molecule has 0 spiro atoms. The first kappa shape index (κ1) is 16.0. The van der Waals surface area contributed by atoms with E-state index in [4.69, 9.17) is 9.47 Å². The van der Waals surface area contributed by atoms with Gasteiger partial charge in [0.15, 0.2) is 18.1 Å². The first-order valence-corrected chi connectivity index (χ1v) is 6.48. The maximum absolute atomic E-state index is 11.5. The van der Waals surface area contributed by atoms with E-state index in [1.807, 2.05) is 25.2 Å². The second kappa shape index (κ2) is 8.22. The van der Waals surface area contributed by atoms with Gasteiger partial charge < -0.3 is 20.1 Å². The average Bonchev–Trinajstić information content (AvgIpc) is 2.49. The van der Waals surface area contributed by atoms with Crippen LogP contribution in [0.25, 0.3) is 0 Å². The van der Waals surface area contributed by atoms with Crippen molar-refractivity contribution in [3.8, 4) is 11.5 Å². The monoisotopic (exact) mass is 278 g/mol. The van der Waals surface area contributed by atoms with E-state index in [0.717, 1.165) is 5.56 Å². The number of amides is 1. The second-order valence-corrected chi connectivity index (χ2v) is 4.30. The van der Waals surface area contributed by atoms with Crippen LogP contribution in [0.2, 0.25) is 0 Å². The van der Waals surface area contributed by atoms with Crippen molar-refractivity contribution < 1.29 is 14.3 Å². The number of carbonyl (C=O) groups excluding carboxylic acids is 1. The smallest absolute Gasteiger partial charge is 0.258 e. The number of benzene rings is 1. The quantitative estimate of drug-likeness (QED) is 0.710. The summed E-state index contributed by atoms with van der Waals surface area (Å²) in [4.78, 5) is 11.5. The maximum Gasteiger partial charge on any atom is 0.258 e. The molecule has 1 atom stereocenters. The lowest BCUT2D eigenvalue weighted by atomic mass is 10.1. The molecule has 0 aliphatic rings. The molecule has 1 amide bonds. The Kier molecular flexibility index (Phi) is 6.59. The molecular weight excluding hydrogens is 256 g/mol. The minimum absolute atomic E-state index is 0.0505. The number of carbonyl (C=O) groups is 1. The zero-order valence-electron chi connectivity index (χ0n) is 12.2. The molecular formula is C15H22N2O3. The fourth-order valence-electron chi connectivity index (χ4n) is 1.62. The van der Waals surface area contributed by atoms with Crippen LogP contribution in [0.3, 0.4) is 0 Å². The van der Waals surface area contributed by atoms with E-state index < -0.39 is 0 Å². The molecule has 110 valence electrons. The summed E-state index contributed by atoms with van der Waals surface area (Å²) >= 11 is 0. The van der Waals surface area contributed by atoms with Crippen LogP contribution < -0.4 is 20.1 Å². The number of nitrogens with one attached hydrogen (secondary N) is 2. The third kappa shape index (κ3) is 4.59. The van der Waals surface area contributed by atoms with E-state index in [1.54, 1.807) is 13.2 Å². The van der Waals surface area contributed by atoms with Crippen LogP contribution in [0, 0.1) is 0 Å². The van der Waals surface area contributed by atoms with E-state index in [0.29, 0.717) is 18.0 Å². The molecule has 0 saturated carbocycles. The van der Waals surface area contributed by atoms with Gasteiger partial charge in [-0.25, -0.2) is 0 Å². The van der Waals surface area contributed by atoms with Gasteiger partial charge in [-0.15, -0.1) is 6.58 Å². The molecule has 2 N–H and O–H groups in total. The summed E-state index contributed by atoms with van der Waals surface area (Å²) in [5.74, 6) is 0.967. The van der Waals surface area contributed by atoms with Gasteiger partial charge >= 0.3 is 0 Å². The minimum Gasteiger partial charge on any atom is -0.493 e. The first-order chi connectivity index (χ1) is 9.62. The third-order valence-corrected chi connectivity index (χ3v) is 2.92. The van der Waals surface area contributed by atoms with E-state index in [-0.39, 0.29) is 18.6 Å². The van der Waals surface area contributed by atoms with Crippen LogP contribution in [0.5, 0.6) is 11.5 Å². The number of rotatable bonds is 8. The largest absolute Gasteiger partial charge is 0.493 e. The van der Waals surface area contributed by atoms with Gasteiger partial charge in [-0.3, -0.25) is 4.79 Å². The van der Waals surface area contributed by atoms with Gasteiger partial charge in [0.2, 0.25) is 0 Å². The Hall–Kier alpha value is -2.01. The number of hydrogen-bond acceptors (Lipinski definition) is 4. The highest BCUT2D eigenvalue weighted by atomic mass is 16.5. The van der Waals surface area contributed by atoms with Crippen LogP contribution in [-0.4, -0.2) is 33.2 Å². The molecule has 0 aliphatic carbocycles. The van der Waals surface area contributed by atoms with Crippen LogP contribution in [0.1, 0.15) is 18.5 Å². The zero-order chi connectivity index (χ0) is 15.0. The summed E-state index contributed by atoms with van der Waals surface area (Å²) in [5.41, 5.74) is 1.09. The predicted molar refractivity (Wildman–Crippen MR) is 79.2 cm³/mol. The lowest BCUT2D eigenvalue weighted by Crippen LogP contribution is -2.28. The maximum atomic E-state index is 11.5. The average molecular weight is 278 g/mol. The second-order valence-electron chi connectivity index (χ2n) is 4.30. The van der Waals surface area contributed by atoms with Crippen LogP contribution in [-0.2, 0) is 4.79 Å². The van der Waals surface area contributed by atoms with Gasteiger partial charge in [-0.1, -0.05) is 12.1 Å². The fourth-order valence-corrected chi connectivity index (χ4v) is 1.62. The fraction of sp³-hybridized carbons (Fsp3) is 0.400. The Morgan fingerprint density at radius 3 is 2.80 bits per heavy atom.